The number of aryl methyl sites for hydroxylation is 1. The van der Waals surface area contributed by atoms with E-state index in [1.54, 1.807) is 19.9 Å². The van der Waals surface area contributed by atoms with E-state index in [4.69, 9.17) is 9.68 Å². The van der Waals surface area contributed by atoms with Crippen LogP contribution in [0, 0.1) is 18.3 Å². The van der Waals surface area contributed by atoms with Crippen molar-refractivity contribution in [2.75, 3.05) is 0 Å². The summed E-state index contributed by atoms with van der Waals surface area (Å²) in [6, 6.07) is 3.87. The summed E-state index contributed by atoms with van der Waals surface area (Å²) in [5.41, 5.74) is -0.157. The van der Waals surface area contributed by atoms with E-state index >= 15 is 0 Å². The van der Waals surface area contributed by atoms with Gasteiger partial charge in [0.2, 0.25) is 15.9 Å². The molecule has 2 rings (SSSR count). The van der Waals surface area contributed by atoms with E-state index in [0.717, 1.165) is 0 Å². The highest BCUT2D eigenvalue weighted by Crippen LogP contribution is 2.18. The van der Waals surface area contributed by atoms with Crippen LogP contribution in [-0.2, 0) is 10.0 Å². The summed E-state index contributed by atoms with van der Waals surface area (Å²) < 4.78 is 32.1. The lowest BCUT2D eigenvalue weighted by Gasteiger charge is -2.11. The Hall–Kier alpha value is -2.24. The fraction of sp³-hybridized carbons (Fsp3) is 0.250. The molecule has 8 heteroatoms. The number of nitriles is 1. The third-order valence-corrected chi connectivity index (χ3v) is 4.08. The number of rotatable bonds is 4. The maximum Gasteiger partial charge on any atom is 0.244 e. The molecule has 1 atom stereocenters. The van der Waals surface area contributed by atoms with Crippen molar-refractivity contribution in [3.05, 3.63) is 41.9 Å². The van der Waals surface area contributed by atoms with E-state index in [1.165, 1.54) is 24.5 Å². The normalized spacial score (nSPS) is 12.8. The minimum Gasteiger partial charge on any atom is -0.444 e. The van der Waals surface area contributed by atoms with Gasteiger partial charge in [-0.2, -0.15) is 9.98 Å². The van der Waals surface area contributed by atoms with Crippen LogP contribution in [0.2, 0.25) is 0 Å². The summed E-state index contributed by atoms with van der Waals surface area (Å²) in [6.07, 6.45) is 2.86. The smallest absolute Gasteiger partial charge is 0.244 e. The number of sulfonamides is 1. The standard InChI is InChI=1S/C12H12N4O3S/c1-8-7-15-12(19-8)9(2)16-20(17,18)11-4-3-5-14-10(11)6-13/h3-5,7,9,16H,1-2H3. The van der Waals surface area contributed by atoms with Gasteiger partial charge in [-0.3, -0.25) is 0 Å². The SMILES string of the molecule is Cc1cnc(C(C)NS(=O)(=O)c2cccnc2C#N)o1. The average molecular weight is 292 g/mol. The molecule has 2 aromatic rings. The summed E-state index contributed by atoms with van der Waals surface area (Å²) >= 11 is 0. The molecule has 2 aromatic heterocycles. The average Bonchev–Trinajstić information content (AvgIpc) is 2.85. The van der Waals surface area contributed by atoms with Crippen LogP contribution in [0.1, 0.15) is 30.3 Å². The molecule has 0 aliphatic heterocycles. The largest absolute Gasteiger partial charge is 0.444 e. The lowest BCUT2D eigenvalue weighted by atomic mass is 10.4. The Morgan fingerprint density at radius 2 is 2.20 bits per heavy atom. The summed E-state index contributed by atoms with van der Waals surface area (Å²) in [4.78, 5) is 7.52. The van der Waals surface area contributed by atoms with Gasteiger partial charge in [-0.25, -0.2) is 18.4 Å². The second-order valence-electron chi connectivity index (χ2n) is 4.11. The Morgan fingerprint density at radius 3 is 2.80 bits per heavy atom. The molecule has 0 aromatic carbocycles. The third kappa shape index (κ3) is 2.84. The maximum atomic E-state index is 12.2. The molecule has 0 radical (unpaired) electrons. The van der Waals surface area contributed by atoms with E-state index in [-0.39, 0.29) is 16.5 Å². The monoisotopic (exact) mass is 292 g/mol. The van der Waals surface area contributed by atoms with E-state index in [2.05, 4.69) is 14.7 Å². The van der Waals surface area contributed by atoms with E-state index in [0.29, 0.717) is 5.76 Å². The zero-order valence-electron chi connectivity index (χ0n) is 10.9. The quantitative estimate of drug-likeness (QED) is 0.909. The Labute approximate surface area is 116 Å². The van der Waals surface area contributed by atoms with Crippen LogP contribution in [0.3, 0.4) is 0 Å². The molecule has 104 valence electrons. The number of hydrogen-bond donors (Lipinski definition) is 1. The number of nitrogens with zero attached hydrogens (tertiary/aromatic N) is 3. The fourth-order valence-electron chi connectivity index (χ4n) is 1.61. The molecule has 0 bridgehead atoms. The van der Waals surface area contributed by atoms with Gasteiger partial charge >= 0.3 is 0 Å². The highest BCUT2D eigenvalue weighted by atomic mass is 32.2. The van der Waals surface area contributed by atoms with Gasteiger partial charge in [0.1, 0.15) is 16.7 Å². The van der Waals surface area contributed by atoms with Gasteiger partial charge in [0.05, 0.1) is 12.2 Å². The highest BCUT2D eigenvalue weighted by molar-refractivity contribution is 7.89. The molecule has 1 N–H and O–H groups in total. The predicted octanol–water partition coefficient (Wildman–Crippen LogP) is 1.29. The third-order valence-electron chi connectivity index (χ3n) is 2.51. The summed E-state index contributed by atoms with van der Waals surface area (Å²) in [5, 5.41) is 8.90. The lowest BCUT2D eigenvalue weighted by Crippen LogP contribution is -2.28. The van der Waals surface area contributed by atoms with E-state index in [9.17, 15) is 8.42 Å². The fourth-order valence-corrected chi connectivity index (χ4v) is 2.91. The molecular formula is C12H12N4O3S. The minimum absolute atomic E-state index is 0.157. The van der Waals surface area contributed by atoms with Gasteiger partial charge in [0.25, 0.3) is 0 Å². The molecule has 0 amide bonds. The van der Waals surface area contributed by atoms with E-state index in [1.807, 2.05) is 0 Å². The van der Waals surface area contributed by atoms with Crippen molar-refractivity contribution in [3.63, 3.8) is 0 Å². The summed E-state index contributed by atoms with van der Waals surface area (Å²) in [6.45, 7) is 3.32. The van der Waals surface area contributed by atoms with Gasteiger partial charge in [-0.15, -0.1) is 0 Å². The Balaban J connectivity index is 2.30. The van der Waals surface area contributed by atoms with Crippen LogP contribution in [0.5, 0.6) is 0 Å². The molecule has 20 heavy (non-hydrogen) atoms. The number of oxazole rings is 1. The van der Waals surface area contributed by atoms with Crippen LogP contribution in [0.25, 0.3) is 0 Å². The van der Waals surface area contributed by atoms with Gasteiger partial charge in [-0.05, 0) is 26.0 Å². The maximum absolute atomic E-state index is 12.2. The van der Waals surface area contributed by atoms with E-state index < -0.39 is 16.1 Å². The first-order valence-corrected chi connectivity index (χ1v) is 7.22. The molecule has 0 saturated heterocycles. The Kier molecular flexibility index (Phi) is 3.83. The van der Waals surface area contributed by atoms with Gasteiger partial charge < -0.3 is 4.42 Å². The first-order valence-electron chi connectivity index (χ1n) is 5.74. The van der Waals surface area contributed by atoms with Gasteiger partial charge in [-0.1, -0.05) is 0 Å². The van der Waals surface area contributed by atoms with Crippen molar-refractivity contribution in [3.8, 4) is 6.07 Å². The molecular weight excluding hydrogens is 280 g/mol. The summed E-state index contributed by atoms with van der Waals surface area (Å²) in [5.74, 6) is 0.846. The molecule has 0 spiro atoms. The van der Waals surface area contributed by atoms with Gasteiger partial charge in [0, 0.05) is 6.20 Å². The van der Waals surface area contributed by atoms with Crippen molar-refractivity contribution in [2.45, 2.75) is 24.8 Å². The molecule has 1 unspecified atom stereocenters. The molecule has 0 fully saturated rings. The van der Waals surface area contributed by atoms with Crippen molar-refractivity contribution in [2.24, 2.45) is 0 Å². The minimum atomic E-state index is -3.88. The van der Waals surface area contributed by atoms with Gasteiger partial charge in [0.15, 0.2) is 5.69 Å². The predicted molar refractivity (Wildman–Crippen MR) is 68.9 cm³/mol. The Bertz CT molecular complexity index is 761. The van der Waals surface area contributed by atoms with Crippen LogP contribution in [0.15, 0.2) is 33.8 Å². The van der Waals surface area contributed by atoms with Crippen molar-refractivity contribution < 1.29 is 12.8 Å². The van der Waals surface area contributed by atoms with Crippen molar-refractivity contribution in [1.82, 2.24) is 14.7 Å². The first kappa shape index (κ1) is 14.2. The van der Waals surface area contributed by atoms with Crippen LogP contribution in [0.4, 0.5) is 0 Å². The number of hydrogen-bond acceptors (Lipinski definition) is 6. The van der Waals surface area contributed by atoms with Crippen molar-refractivity contribution >= 4 is 10.0 Å². The van der Waals surface area contributed by atoms with Crippen LogP contribution >= 0.6 is 0 Å². The second kappa shape index (κ2) is 5.40. The number of pyridine rings is 1. The summed E-state index contributed by atoms with van der Waals surface area (Å²) in [7, 11) is -3.88. The number of aromatic nitrogens is 2. The molecule has 0 aliphatic carbocycles. The number of nitrogens with one attached hydrogen (secondary N) is 1. The Morgan fingerprint density at radius 1 is 1.45 bits per heavy atom. The molecule has 0 aliphatic rings. The molecule has 7 nitrogen and oxygen atoms in total. The lowest BCUT2D eigenvalue weighted by molar-refractivity contribution is 0.427. The van der Waals surface area contributed by atoms with Crippen LogP contribution < -0.4 is 4.72 Å². The molecule has 0 saturated carbocycles. The van der Waals surface area contributed by atoms with Crippen molar-refractivity contribution in [1.29, 1.82) is 5.26 Å². The highest BCUT2D eigenvalue weighted by Gasteiger charge is 2.24. The zero-order valence-corrected chi connectivity index (χ0v) is 11.7. The van der Waals surface area contributed by atoms with Crippen LogP contribution in [-0.4, -0.2) is 18.4 Å². The zero-order chi connectivity index (χ0) is 14.8. The topological polar surface area (TPSA) is 109 Å². The second-order valence-corrected chi connectivity index (χ2v) is 5.80. The first-order chi connectivity index (χ1) is 9.44. The molecule has 2 heterocycles.